The van der Waals surface area contributed by atoms with E-state index in [0.29, 0.717) is 11.1 Å². The van der Waals surface area contributed by atoms with Gasteiger partial charge >= 0.3 is 11.9 Å². The van der Waals surface area contributed by atoms with Crippen LogP contribution in [0.2, 0.25) is 0 Å². The van der Waals surface area contributed by atoms with Crippen molar-refractivity contribution in [3.8, 4) is 0 Å². The van der Waals surface area contributed by atoms with Crippen molar-refractivity contribution in [1.82, 2.24) is 0 Å². The van der Waals surface area contributed by atoms with Gasteiger partial charge < -0.3 is 14.2 Å². The van der Waals surface area contributed by atoms with Crippen LogP contribution in [0.4, 0.5) is 0 Å². The van der Waals surface area contributed by atoms with Crippen molar-refractivity contribution < 1.29 is 23.8 Å². The second kappa shape index (κ2) is 8.57. The zero-order valence-corrected chi connectivity index (χ0v) is 16.5. The van der Waals surface area contributed by atoms with E-state index in [1.165, 1.54) is 0 Å². The summed E-state index contributed by atoms with van der Waals surface area (Å²) in [6.07, 6.45) is -0.376. The summed E-state index contributed by atoms with van der Waals surface area (Å²) in [5.41, 5.74) is 0.423. The van der Waals surface area contributed by atoms with Crippen LogP contribution in [-0.4, -0.2) is 30.4 Å². The lowest BCUT2D eigenvalue weighted by Crippen LogP contribution is -2.42. The van der Waals surface area contributed by atoms with E-state index >= 15 is 0 Å². The molecule has 4 atom stereocenters. The predicted molar refractivity (Wildman–Crippen MR) is 105 cm³/mol. The van der Waals surface area contributed by atoms with Crippen molar-refractivity contribution in [2.24, 2.45) is 5.41 Å². The van der Waals surface area contributed by atoms with Gasteiger partial charge in [-0.1, -0.05) is 57.2 Å². The summed E-state index contributed by atoms with van der Waals surface area (Å²) < 4.78 is 17.5. The highest BCUT2D eigenvalue weighted by atomic mass is 16.7. The number of benzene rings is 2. The standard InChI is InChI=1S/C23H26O5/c1-4-18-23(3,5-2)19(27-20(24)16-12-8-6-9-13-16)22(26-18)28-21(25)17-14-10-7-11-15-17/h6-15,18-19,22H,4-5H2,1-3H3/t18?,19-,22?,23-/m0/s1. The number of hydrogen-bond donors (Lipinski definition) is 0. The molecule has 0 amide bonds. The third-order valence-corrected chi connectivity index (χ3v) is 5.54. The molecule has 1 saturated heterocycles. The van der Waals surface area contributed by atoms with E-state index in [-0.39, 0.29) is 6.10 Å². The molecule has 0 spiro atoms. The van der Waals surface area contributed by atoms with Crippen LogP contribution in [0.5, 0.6) is 0 Å². The molecule has 148 valence electrons. The van der Waals surface area contributed by atoms with Gasteiger partial charge in [0.05, 0.1) is 17.2 Å². The maximum Gasteiger partial charge on any atom is 0.340 e. The van der Waals surface area contributed by atoms with Crippen LogP contribution in [0, 0.1) is 5.41 Å². The van der Waals surface area contributed by atoms with Gasteiger partial charge in [-0.3, -0.25) is 0 Å². The number of ether oxygens (including phenoxy) is 3. The SMILES string of the molecule is CCC1OC(OC(=O)c2ccccc2)[C@H](OC(=O)c2ccccc2)[C@@]1(C)CC. The number of hydrogen-bond acceptors (Lipinski definition) is 5. The summed E-state index contributed by atoms with van der Waals surface area (Å²) in [7, 11) is 0. The van der Waals surface area contributed by atoms with E-state index in [1.807, 2.05) is 32.9 Å². The first-order valence-electron chi connectivity index (χ1n) is 9.67. The lowest BCUT2D eigenvalue weighted by atomic mass is 9.77. The normalized spacial score (nSPS) is 26.6. The lowest BCUT2D eigenvalue weighted by molar-refractivity contribution is -0.136. The lowest BCUT2D eigenvalue weighted by Gasteiger charge is -2.33. The minimum Gasteiger partial charge on any atom is -0.451 e. The van der Waals surface area contributed by atoms with Crippen molar-refractivity contribution in [1.29, 1.82) is 0 Å². The highest BCUT2D eigenvalue weighted by molar-refractivity contribution is 5.90. The summed E-state index contributed by atoms with van der Waals surface area (Å²) in [4.78, 5) is 25.2. The van der Waals surface area contributed by atoms with Gasteiger partial charge in [-0.25, -0.2) is 9.59 Å². The quantitative estimate of drug-likeness (QED) is 0.682. The molecular weight excluding hydrogens is 356 g/mol. The molecule has 2 aromatic rings. The van der Waals surface area contributed by atoms with Crippen molar-refractivity contribution in [3.63, 3.8) is 0 Å². The Labute approximate surface area is 165 Å². The smallest absolute Gasteiger partial charge is 0.340 e. The Morgan fingerprint density at radius 2 is 1.39 bits per heavy atom. The molecule has 28 heavy (non-hydrogen) atoms. The fourth-order valence-corrected chi connectivity index (χ4v) is 3.66. The van der Waals surface area contributed by atoms with Gasteiger partial charge in [-0.05, 0) is 37.1 Å². The summed E-state index contributed by atoms with van der Waals surface area (Å²) in [6, 6.07) is 17.5. The second-order valence-corrected chi connectivity index (χ2v) is 7.22. The van der Waals surface area contributed by atoms with Crippen LogP contribution in [-0.2, 0) is 14.2 Å². The fraction of sp³-hybridized carbons (Fsp3) is 0.391. The molecule has 3 rings (SSSR count). The highest BCUT2D eigenvalue weighted by Gasteiger charge is 2.55. The number of rotatable bonds is 6. The maximum absolute atomic E-state index is 12.7. The average Bonchev–Trinajstić information content (AvgIpc) is 3.00. The topological polar surface area (TPSA) is 61.8 Å². The Morgan fingerprint density at radius 1 is 0.893 bits per heavy atom. The summed E-state index contributed by atoms with van der Waals surface area (Å²) in [5.74, 6) is -0.951. The van der Waals surface area contributed by atoms with Gasteiger partial charge in [-0.2, -0.15) is 0 Å². The van der Waals surface area contributed by atoms with E-state index in [4.69, 9.17) is 14.2 Å². The number of carbonyl (C=O) groups excluding carboxylic acids is 2. The minimum absolute atomic E-state index is 0.181. The first-order chi connectivity index (χ1) is 13.5. The molecule has 5 nitrogen and oxygen atoms in total. The molecule has 1 aliphatic heterocycles. The Morgan fingerprint density at radius 3 is 1.86 bits per heavy atom. The van der Waals surface area contributed by atoms with Gasteiger partial charge in [0.15, 0.2) is 6.10 Å². The summed E-state index contributed by atoms with van der Waals surface area (Å²) in [5, 5.41) is 0. The summed E-state index contributed by atoms with van der Waals surface area (Å²) >= 11 is 0. The third kappa shape index (κ3) is 3.94. The first kappa shape index (κ1) is 20.1. The van der Waals surface area contributed by atoms with Crippen LogP contribution in [0.15, 0.2) is 60.7 Å². The maximum atomic E-state index is 12.7. The zero-order chi connectivity index (χ0) is 20.1. The van der Waals surface area contributed by atoms with Gasteiger partial charge in [0.25, 0.3) is 0 Å². The molecule has 0 N–H and O–H groups in total. The van der Waals surface area contributed by atoms with Crippen molar-refractivity contribution in [3.05, 3.63) is 71.8 Å². The average molecular weight is 382 g/mol. The van der Waals surface area contributed by atoms with E-state index in [1.54, 1.807) is 48.5 Å². The molecule has 5 heteroatoms. The van der Waals surface area contributed by atoms with Gasteiger partial charge in [0.2, 0.25) is 6.29 Å². The molecule has 1 fully saturated rings. The molecular formula is C23H26O5. The van der Waals surface area contributed by atoms with E-state index in [2.05, 4.69) is 0 Å². The van der Waals surface area contributed by atoms with Crippen LogP contribution >= 0.6 is 0 Å². The van der Waals surface area contributed by atoms with Crippen LogP contribution < -0.4 is 0 Å². The van der Waals surface area contributed by atoms with Gasteiger partial charge in [0, 0.05) is 5.41 Å². The molecule has 2 aromatic carbocycles. The number of carbonyl (C=O) groups is 2. The molecule has 0 saturated carbocycles. The highest BCUT2D eigenvalue weighted by Crippen LogP contribution is 2.45. The molecule has 0 radical (unpaired) electrons. The minimum atomic E-state index is -0.949. The Kier molecular flexibility index (Phi) is 6.15. The zero-order valence-electron chi connectivity index (χ0n) is 16.5. The van der Waals surface area contributed by atoms with Crippen molar-refractivity contribution in [2.75, 3.05) is 0 Å². The Bertz CT molecular complexity index is 804. The first-order valence-corrected chi connectivity index (χ1v) is 9.67. The molecule has 2 unspecified atom stereocenters. The van der Waals surface area contributed by atoms with Crippen LogP contribution in [0.25, 0.3) is 0 Å². The van der Waals surface area contributed by atoms with Gasteiger partial charge in [-0.15, -0.1) is 0 Å². The second-order valence-electron chi connectivity index (χ2n) is 7.22. The van der Waals surface area contributed by atoms with E-state index in [9.17, 15) is 9.59 Å². The third-order valence-electron chi connectivity index (χ3n) is 5.54. The summed E-state index contributed by atoms with van der Waals surface area (Å²) in [6.45, 7) is 6.05. The molecule has 0 bridgehead atoms. The molecule has 0 aliphatic carbocycles. The Balaban J connectivity index is 1.84. The van der Waals surface area contributed by atoms with Crippen LogP contribution in [0.1, 0.15) is 54.3 Å². The Hall–Kier alpha value is -2.66. The molecule has 0 aromatic heterocycles. The monoisotopic (exact) mass is 382 g/mol. The van der Waals surface area contributed by atoms with E-state index in [0.717, 1.165) is 12.8 Å². The van der Waals surface area contributed by atoms with E-state index < -0.39 is 29.7 Å². The largest absolute Gasteiger partial charge is 0.451 e. The molecule has 1 heterocycles. The predicted octanol–water partition coefficient (Wildman–Crippen LogP) is 4.62. The van der Waals surface area contributed by atoms with Gasteiger partial charge in [0.1, 0.15) is 0 Å². The van der Waals surface area contributed by atoms with Crippen LogP contribution in [0.3, 0.4) is 0 Å². The molecule has 1 aliphatic rings. The number of esters is 2. The van der Waals surface area contributed by atoms with Crippen molar-refractivity contribution >= 4 is 11.9 Å². The van der Waals surface area contributed by atoms with Crippen molar-refractivity contribution in [2.45, 2.75) is 52.1 Å². The fourth-order valence-electron chi connectivity index (χ4n) is 3.66.